The predicted octanol–water partition coefficient (Wildman–Crippen LogP) is 0.451. The van der Waals surface area contributed by atoms with Gasteiger partial charge in [0.2, 0.25) is 0 Å². The van der Waals surface area contributed by atoms with E-state index in [1.807, 2.05) is 0 Å². The normalized spacial score (nSPS) is 13.1. The van der Waals surface area contributed by atoms with Gasteiger partial charge in [0.05, 0.1) is 0 Å². The van der Waals surface area contributed by atoms with Crippen molar-refractivity contribution in [1.82, 2.24) is 25.5 Å². The summed E-state index contributed by atoms with van der Waals surface area (Å²) in [5, 5.41) is 14.3. The maximum atomic E-state index is 3.78. The third kappa shape index (κ3) is 3.98. The first-order valence-electron chi connectivity index (χ1n) is 4.77. The third-order valence-electron chi connectivity index (χ3n) is 2.06. The van der Waals surface area contributed by atoms with Crippen molar-refractivity contribution >= 4 is 0 Å². The number of tetrazole rings is 1. The van der Waals surface area contributed by atoms with E-state index in [1.165, 1.54) is 6.42 Å². The molecular weight excluding hydrogens is 166 g/mol. The van der Waals surface area contributed by atoms with Crippen molar-refractivity contribution in [3.05, 3.63) is 6.33 Å². The Morgan fingerprint density at radius 1 is 1.54 bits per heavy atom. The lowest BCUT2D eigenvalue weighted by molar-refractivity contribution is 0.484. The molecule has 1 rings (SSSR count). The molecule has 0 bridgehead atoms. The van der Waals surface area contributed by atoms with Crippen molar-refractivity contribution in [2.75, 3.05) is 6.54 Å². The fourth-order valence-electron chi connectivity index (χ4n) is 1.02. The average Bonchev–Trinajstić information content (AvgIpc) is 2.64. The minimum Gasteiger partial charge on any atom is -0.314 e. The second kappa shape index (κ2) is 5.64. The van der Waals surface area contributed by atoms with E-state index in [-0.39, 0.29) is 0 Å². The van der Waals surface area contributed by atoms with E-state index < -0.39 is 0 Å². The Bertz CT molecular complexity index is 208. The summed E-state index contributed by atoms with van der Waals surface area (Å²) in [6.45, 7) is 6.28. The standard InChI is InChI=1S/C8H17N5/c1-3-8(2)9-5-4-6-13-7-10-11-12-13/h7-9H,3-6H2,1-2H3. The van der Waals surface area contributed by atoms with Gasteiger partial charge < -0.3 is 5.32 Å². The molecule has 0 aliphatic rings. The second-order valence-electron chi connectivity index (χ2n) is 3.19. The van der Waals surface area contributed by atoms with Gasteiger partial charge in [-0.3, -0.25) is 0 Å². The molecule has 5 heteroatoms. The number of nitrogens with zero attached hydrogens (tertiary/aromatic N) is 4. The van der Waals surface area contributed by atoms with Gasteiger partial charge in [0.1, 0.15) is 6.33 Å². The number of hydrogen-bond acceptors (Lipinski definition) is 4. The van der Waals surface area contributed by atoms with E-state index in [0.29, 0.717) is 6.04 Å². The van der Waals surface area contributed by atoms with E-state index in [4.69, 9.17) is 0 Å². The SMILES string of the molecule is CCC(C)NCCCn1cnnn1. The Balaban J connectivity index is 2.02. The largest absolute Gasteiger partial charge is 0.314 e. The van der Waals surface area contributed by atoms with Gasteiger partial charge >= 0.3 is 0 Å². The van der Waals surface area contributed by atoms with Crippen LogP contribution in [0, 0.1) is 0 Å². The smallest absolute Gasteiger partial charge is 0.138 e. The molecule has 74 valence electrons. The van der Waals surface area contributed by atoms with Crippen LogP contribution >= 0.6 is 0 Å². The Kier molecular flexibility index (Phi) is 4.39. The summed E-state index contributed by atoms with van der Waals surface area (Å²) >= 11 is 0. The summed E-state index contributed by atoms with van der Waals surface area (Å²) in [7, 11) is 0. The lowest BCUT2D eigenvalue weighted by atomic mass is 10.2. The van der Waals surface area contributed by atoms with Crippen LogP contribution in [-0.4, -0.2) is 32.8 Å². The molecule has 0 saturated carbocycles. The molecule has 1 N–H and O–H groups in total. The number of hydrogen-bond donors (Lipinski definition) is 1. The minimum atomic E-state index is 0.605. The van der Waals surface area contributed by atoms with Crippen LogP contribution in [0.5, 0.6) is 0 Å². The Hall–Kier alpha value is -0.970. The van der Waals surface area contributed by atoms with Gasteiger partial charge in [-0.05, 0) is 36.7 Å². The second-order valence-corrected chi connectivity index (χ2v) is 3.19. The quantitative estimate of drug-likeness (QED) is 0.651. The van der Waals surface area contributed by atoms with Crippen molar-refractivity contribution in [2.24, 2.45) is 0 Å². The van der Waals surface area contributed by atoms with Gasteiger partial charge in [-0.15, -0.1) is 5.10 Å². The molecule has 5 nitrogen and oxygen atoms in total. The van der Waals surface area contributed by atoms with Gasteiger partial charge in [0.15, 0.2) is 0 Å². The highest BCUT2D eigenvalue weighted by molar-refractivity contribution is 4.57. The Labute approximate surface area is 78.5 Å². The van der Waals surface area contributed by atoms with Gasteiger partial charge in [-0.25, -0.2) is 4.68 Å². The molecule has 1 aromatic rings. The van der Waals surface area contributed by atoms with E-state index >= 15 is 0 Å². The van der Waals surface area contributed by atoms with Crippen LogP contribution in [0.1, 0.15) is 26.7 Å². The summed E-state index contributed by atoms with van der Waals surface area (Å²) < 4.78 is 1.75. The average molecular weight is 183 g/mol. The van der Waals surface area contributed by atoms with E-state index in [2.05, 4.69) is 34.7 Å². The van der Waals surface area contributed by atoms with E-state index in [0.717, 1.165) is 19.5 Å². The molecule has 1 heterocycles. The summed E-state index contributed by atoms with van der Waals surface area (Å²) in [6, 6.07) is 0.605. The topological polar surface area (TPSA) is 55.6 Å². The van der Waals surface area contributed by atoms with Gasteiger partial charge in [0.25, 0.3) is 0 Å². The van der Waals surface area contributed by atoms with Crippen LogP contribution in [-0.2, 0) is 6.54 Å². The molecule has 0 aromatic carbocycles. The van der Waals surface area contributed by atoms with Crippen LogP contribution in [0.25, 0.3) is 0 Å². The molecular formula is C8H17N5. The molecule has 13 heavy (non-hydrogen) atoms. The maximum Gasteiger partial charge on any atom is 0.138 e. The molecule has 0 saturated heterocycles. The van der Waals surface area contributed by atoms with Crippen LogP contribution < -0.4 is 5.32 Å². The molecule has 0 amide bonds. The molecule has 0 aliphatic heterocycles. The lowest BCUT2D eigenvalue weighted by Gasteiger charge is -2.10. The summed E-state index contributed by atoms with van der Waals surface area (Å²) in [5.74, 6) is 0. The Morgan fingerprint density at radius 2 is 2.38 bits per heavy atom. The molecule has 0 spiro atoms. The van der Waals surface area contributed by atoms with Crippen LogP contribution in [0.15, 0.2) is 6.33 Å². The minimum absolute atomic E-state index is 0.605. The third-order valence-corrected chi connectivity index (χ3v) is 2.06. The molecule has 1 aromatic heterocycles. The van der Waals surface area contributed by atoms with Crippen molar-refractivity contribution in [2.45, 2.75) is 39.3 Å². The van der Waals surface area contributed by atoms with Crippen LogP contribution in [0.3, 0.4) is 0 Å². The van der Waals surface area contributed by atoms with E-state index in [9.17, 15) is 0 Å². The van der Waals surface area contributed by atoms with Crippen molar-refractivity contribution in [1.29, 1.82) is 0 Å². The van der Waals surface area contributed by atoms with Crippen molar-refractivity contribution in [3.63, 3.8) is 0 Å². The highest BCUT2D eigenvalue weighted by atomic mass is 15.5. The number of aryl methyl sites for hydroxylation is 1. The van der Waals surface area contributed by atoms with Crippen LogP contribution in [0.4, 0.5) is 0 Å². The number of nitrogens with one attached hydrogen (secondary N) is 1. The zero-order valence-corrected chi connectivity index (χ0v) is 8.27. The van der Waals surface area contributed by atoms with Gasteiger partial charge in [0, 0.05) is 12.6 Å². The molecule has 1 unspecified atom stereocenters. The first-order valence-corrected chi connectivity index (χ1v) is 4.77. The highest BCUT2D eigenvalue weighted by Gasteiger charge is 1.96. The monoisotopic (exact) mass is 183 g/mol. The summed E-state index contributed by atoms with van der Waals surface area (Å²) in [6.07, 6.45) is 3.88. The zero-order chi connectivity index (χ0) is 9.52. The number of aromatic nitrogens is 4. The molecule has 0 radical (unpaired) electrons. The maximum absolute atomic E-state index is 3.78. The predicted molar refractivity (Wildman–Crippen MR) is 50.2 cm³/mol. The van der Waals surface area contributed by atoms with E-state index in [1.54, 1.807) is 11.0 Å². The molecule has 0 aliphatic carbocycles. The van der Waals surface area contributed by atoms with Gasteiger partial charge in [-0.2, -0.15) is 0 Å². The first-order chi connectivity index (χ1) is 6.33. The first kappa shape index (κ1) is 10.1. The van der Waals surface area contributed by atoms with Crippen molar-refractivity contribution in [3.8, 4) is 0 Å². The zero-order valence-electron chi connectivity index (χ0n) is 8.27. The fourth-order valence-corrected chi connectivity index (χ4v) is 1.02. The molecule has 0 fully saturated rings. The van der Waals surface area contributed by atoms with Crippen LogP contribution in [0.2, 0.25) is 0 Å². The summed E-state index contributed by atoms with van der Waals surface area (Å²) in [4.78, 5) is 0. The highest BCUT2D eigenvalue weighted by Crippen LogP contribution is 1.89. The summed E-state index contributed by atoms with van der Waals surface area (Å²) in [5.41, 5.74) is 0. The fraction of sp³-hybridized carbons (Fsp3) is 0.875. The lowest BCUT2D eigenvalue weighted by Crippen LogP contribution is -2.26. The molecule has 1 atom stereocenters. The van der Waals surface area contributed by atoms with Crippen molar-refractivity contribution < 1.29 is 0 Å². The Morgan fingerprint density at radius 3 is 3.00 bits per heavy atom. The van der Waals surface area contributed by atoms with Gasteiger partial charge in [-0.1, -0.05) is 6.92 Å². The number of rotatable bonds is 6.